The molecule has 94 valence electrons. The quantitative estimate of drug-likeness (QED) is 0.662. The van der Waals surface area contributed by atoms with E-state index in [1.54, 1.807) is 0 Å². The minimum atomic E-state index is -0.301. The van der Waals surface area contributed by atoms with E-state index in [1.807, 2.05) is 26.0 Å². The fourth-order valence-electron chi connectivity index (χ4n) is 2.69. The van der Waals surface area contributed by atoms with Crippen molar-refractivity contribution in [3.63, 3.8) is 0 Å². The van der Waals surface area contributed by atoms with Gasteiger partial charge in [0.1, 0.15) is 11.9 Å². The molecule has 3 rings (SSSR count). The Hall–Kier alpha value is -1.65. The Morgan fingerprint density at radius 3 is 2.83 bits per heavy atom. The van der Waals surface area contributed by atoms with E-state index < -0.39 is 0 Å². The van der Waals surface area contributed by atoms with Crippen molar-refractivity contribution in [1.82, 2.24) is 10.6 Å². The molecule has 2 aliphatic heterocycles. The van der Waals surface area contributed by atoms with Crippen LogP contribution in [0.25, 0.3) is 5.57 Å². The summed E-state index contributed by atoms with van der Waals surface area (Å²) in [5, 5.41) is 8.39. The van der Waals surface area contributed by atoms with Crippen LogP contribution in [-0.4, -0.2) is 17.6 Å². The van der Waals surface area contributed by atoms with Gasteiger partial charge < -0.3 is 5.32 Å². The second-order valence-electron chi connectivity index (χ2n) is 5.46. The van der Waals surface area contributed by atoms with Crippen molar-refractivity contribution < 1.29 is 10.1 Å². The standard InChI is InChI=1S/C14H17N3O/c1-14(2)16-12(13(18)17-14)7-9-8-15-11-6-4-3-5-10(9)11/h3-6,8,12,15-16H,7H2,1-2H3,(H,17,18)/p+1/t12-/m0/s1. The molecule has 0 spiro atoms. The molecule has 4 nitrogen and oxygen atoms in total. The van der Waals surface area contributed by atoms with Gasteiger partial charge in [-0.05, 0) is 19.9 Å². The van der Waals surface area contributed by atoms with Crippen molar-refractivity contribution in [1.29, 1.82) is 0 Å². The van der Waals surface area contributed by atoms with Crippen molar-refractivity contribution in [3.05, 3.63) is 36.0 Å². The Balaban J connectivity index is 1.78. The number of quaternary nitrogens is 1. The zero-order valence-electron chi connectivity index (χ0n) is 10.7. The molecule has 2 heterocycles. The normalized spacial score (nSPS) is 24.7. The molecule has 1 aromatic carbocycles. The van der Waals surface area contributed by atoms with E-state index in [9.17, 15) is 4.79 Å². The van der Waals surface area contributed by atoms with Gasteiger partial charge in [-0.2, -0.15) is 0 Å². The summed E-state index contributed by atoms with van der Waals surface area (Å²) < 4.78 is 0. The first-order valence-corrected chi connectivity index (χ1v) is 6.28. The van der Waals surface area contributed by atoms with Crippen molar-refractivity contribution in [2.75, 3.05) is 0 Å². The van der Waals surface area contributed by atoms with Crippen LogP contribution in [-0.2, 0) is 4.79 Å². The van der Waals surface area contributed by atoms with Gasteiger partial charge >= 0.3 is 0 Å². The van der Waals surface area contributed by atoms with Crippen molar-refractivity contribution in [3.8, 4) is 0 Å². The summed E-state index contributed by atoms with van der Waals surface area (Å²) in [6.07, 6.45) is 2.85. The van der Waals surface area contributed by atoms with Crippen LogP contribution in [0.15, 0.2) is 30.5 Å². The van der Waals surface area contributed by atoms with Gasteiger partial charge in [0.25, 0.3) is 0 Å². The molecule has 4 N–H and O–H groups in total. The first kappa shape index (κ1) is 11.4. The Morgan fingerprint density at radius 1 is 1.33 bits per heavy atom. The fraction of sp³-hybridized carbons (Fsp3) is 0.357. The number of benzene rings is 1. The molecule has 18 heavy (non-hydrogen) atoms. The number of hydrogen-bond donors (Lipinski definition) is 3. The van der Waals surface area contributed by atoms with Gasteiger partial charge in [0, 0.05) is 23.6 Å². The number of para-hydroxylation sites is 1. The fourth-order valence-corrected chi connectivity index (χ4v) is 2.69. The molecule has 1 fully saturated rings. The number of fused-ring (bicyclic) bond motifs is 1. The van der Waals surface area contributed by atoms with E-state index in [0.717, 1.165) is 6.42 Å². The van der Waals surface area contributed by atoms with Gasteiger partial charge in [-0.3, -0.25) is 15.4 Å². The van der Waals surface area contributed by atoms with Crippen LogP contribution >= 0.6 is 0 Å². The van der Waals surface area contributed by atoms with Gasteiger partial charge in [0.05, 0.1) is 11.7 Å². The Kier molecular flexibility index (Phi) is 2.50. The second-order valence-corrected chi connectivity index (χ2v) is 5.46. The molecule has 1 saturated heterocycles. The van der Waals surface area contributed by atoms with Gasteiger partial charge in [-0.25, -0.2) is 0 Å². The van der Waals surface area contributed by atoms with E-state index in [4.69, 9.17) is 0 Å². The van der Waals surface area contributed by atoms with Crippen LogP contribution in [0.5, 0.6) is 0 Å². The maximum Gasteiger partial charge on any atom is 0.238 e. The van der Waals surface area contributed by atoms with Crippen molar-refractivity contribution in [2.24, 2.45) is 0 Å². The molecule has 0 saturated carbocycles. The van der Waals surface area contributed by atoms with Crippen molar-refractivity contribution in [2.45, 2.75) is 32.0 Å². The summed E-state index contributed by atoms with van der Waals surface area (Å²) in [6, 6.07) is 8.16. The van der Waals surface area contributed by atoms with Gasteiger partial charge in [-0.1, -0.05) is 12.1 Å². The van der Waals surface area contributed by atoms with Gasteiger partial charge in [0.2, 0.25) is 5.91 Å². The zero-order valence-corrected chi connectivity index (χ0v) is 10.7. The summed E-state index contributed by atoms with van der Waals surface area (Å²) in [4.78, 5) is 11.9. The molecule has 0 radical (unpaired) electrons. The summed E-state index contributed by atoms with van der Waals surface area (Å²) >= 11 is 0. The number of nitrogens with one attached hydrogen (secondary N) is 2. The lowest BCUT2D eigenvalue weighted by Gasteiger charge is -2.18. The monoisotopic (exact) mass is 244 g/mol. The molecular formula is C14H18N3O+. The van der Waals surface area contributed by atoms with Crippen LogP contribution in [0.4, 0.5) is 5.69 Å². The average Bonchev–Trinajstić information content (AvgIpc) is 2.81. The van der Waals surface area contributed by atoms with Crippen molar-refractivity contribution >= 4 is 17.2 Å². The molecule has 4 heteroatoms. The smallest absolute Gasteiger partial charge is 0.238 e. The second kappa shape index (κ2) is 3.93. The maximum atomic E-state index is 11.9. The molecule has 0 bridgehead atoms. The average molecular weight is 244 g/mol. The molecule has 1 atom stereocenters. The molecule has 0 unspecified atom stereocenters. The van der Waals surface area contributed by atoms with Crippen LogP contribution in [0.1, 0.15) is 25.8 Å². The Morgan fingerprint density at radius 2 is 2.11 bits per heavy atom. The lowest BCUT2D eigenvalue weighted by molar-refractivity contribution is -0.491. The van der Waals surface area contributed by atoms with Crippen LogP contribution in [0.2, 0.25) is 0 Å². The molecule has 0 aliphatic carbocycles. The summed E-state index contributed by atoms with van der Waals surface area (Å²) in [6.45, 7) is 3.96. The third kappa shape index (κ3) is 1.94. The number of hydrogen-bond acceptors (Lipinski definition) is 2. The van der Waals surface area contributed by atoms with Crippen LogP contribution < -0.4 is 16.0 Å². The molecule has 0 aromatic heterocycles. The van der Waals surface area contributed by atoms with Gasteiger partial charge in [-0.15, -0.1) is 0 Å². The first-order chi connectivity index (χ1) is 8.55. The van der Waals surface area contributed by atoms with E-state index in [1.165, 1.54) is 16.8 Å². The maximum absolute atomic E-state index is 11.9. The minimum absolute atomic E-state index is 0.0882. The molecule has 2 aliphatic rings. The van der Waals surface area contributed by atoms with E-state index >= 15 is 0 Å². The number of carbonyl (C=O) groups excluding carboxylic acids is 1. The van der Waals surface area contributed by atoms with Crippen LogP contribution in [0, 0.1) is 0 Å². The Labute approximate surface area is 106 Å². The Bertz CT molecular complexity index is 534. The predicted octanol–water partition coefficient (Wildman–Crippen LogP) is 0.450. The number of carbonyl (C=O) groups is 1. The highest BCUT2D eigenvalue weighted by molar-refractivity contribution is 5.88. The topological polar surface area (TPSA) is 57.7 Å². The lowest BCUT2D eigenvalue weighted by Crippen LogP contribution is -2.69. The molecular weight excluding hydrogens is 226 g/mol. The molecule has 1 aromatic rings. The highest BCUT2D eigenvalue weighted by Crippen LogP contribution is 2.28. The highest BCUT2D eigenvalue weighted by atomic mass is 16.2. The van der Waals surface area contributed by atoms with E-state index in [-0.39, 0.29) is 17.6 Å². The van der Waals surface area contributed by atoms with Crippen LogP contribution in [0.3, 0.4) is 0 Å². The summed E-state index contributed by atoms with van der Waals surface area (Å²) in [7, 11) is 0. The number of amides is 1. The van der Waals surface area contributed by atoms with Gasteiger partial charge in [0.15, 0.2) is 0 Å². The predicted molar refractivity (Wildman–Crippen MR) is 69.8 cm³/mol. The summed E-state index contributed by atoms with van der Waals surface area (Å²) in [5.41, 5.74) is 3.42. The molecule has 1 amide bonds. The van der Waals surface area contributed by atoms with E-state index in [0.29, 0.717) is 0 Å². The van der Waals surface area contributed by atoms with E-state index in [2.05, 4.69) is 34.3 Å². The number of nitrogens with two attached hydrogens (primary N) is 1. The third-order valence-corrected chi connectivity index (χ3v) is 3.48. The third-order valence-electron chi connectivity index (χ3n) is 3.48. The zero-order chi connectivity index (χ0) is 12.8. The largest absolute Gasteiger partial charge is 0.337 e. The summed E-state index contributed by atoms with van der Waals surface area (Å²) in [5.74, 6) is 0.0882. The minimum Gasteiger partial charge on any atom is -0.337 e. The first-order valence-electron chi connectivity index (χ1n) is 6.28. The SMILES string of the molecule is CC1(C)NC(=O)[C@H](CC2=C[NH2+]c3ccccc32)N1. The number of rotatable bonds is 2. The lowest BCUT2D eigenvalue weighted by atomic mass is 10.00. The highest BCUT2D eigenvalue weighted by Gasteiger charge is 2.37.